The average molecular weight is 211 g/mol. The van der Waals surface area contributed by atoms with E-state index in [1.54, 1.807) is 6.92 Å². The summed E-state index contributed by atoms with van der Waals surface area (Å²) < 4.78 is 0. The van der Waals surface area contributed by atoms with Gasteiger partial charge in [0, 0.05) is 0 Å². The number of rotatable bonds is 0. The van der Waals surface area contributed by atoms with Crippen LogP contribution in [0, 0.1) is 6.92 Å². The van der Waals surface area contributed by atoms with Crippen molar-refractivity contribution in [3.05, 3.63) is 6.92 Å². The average Bonchev–Trinajstić information content (AvgIpc) is 1.36. The Kier molecular flexibility index (Phi) is 18.2. The minimum atomic E-state index is -4.61. The van der Waals surface area contributed by atoms with E-state index < -0.39 is 9.05 Å². The largest absolute Gasteiger partial charge is 1.00 e. The van der Waals surface area contributed by atoms with Gasteiger partial charge < -0.3 is 26.1 Å². The first-order valence-electron chi connectivity index (χ1n) is 1.60. The van der Waals surface area contributed by atoms with Crippen molar-refractivity contribution in [2.24, 2.45) is 0 Å². The fraction of sp³-hybridized carbons (Fsp3) is 0.500. The molecule has 0 rings (SSSR count). The molecule has 0 aromatic carbocycles. The van der Waals surface area contributed by atoms with E-state index in [2.05, 4.69) is 6.92 Å². The van der Waals surface area contributed by atoms with E-state index in [0.717, 1.165) is 0 Å². The monoisotopic (exact) mass is 210 g/mol. The van der Waals surface area contributed by atoms with Gasteiger partial charge in [-0.3, -0.25) is 0 Å². The van der Waals surface area contributed by atoms with Crippen molar-refractivity contribution in [1.82, 2.24) is 0 Å². The summed E-state index contributed by atoms with van der Waals surface area (Å²) in [5.41, 5.74) is 0. The fourth-order valence-electron chi connectivity index (χ4n) is 0. The van der Waals surface area contributed by atoms with E-state index in [9.17, 15) is 0 Å². The minimum Gasteiger partial charge on any atom is -0.368 e. The molecule has 6 heteroatoms. The molecule has 0 radical (unpaired) electrons. The van der Waals surface area contributed by atoms with Gasteiger partial charge in [-0.25, -0.2) is 0 Å². The SMILES string of the molecule is O[Si](O)(O)O.[CH2-]C.[Rb+]. The third-order valence-electron chi connectivity index (χ3n) is 0. The van der Waals surface area contributed by atoms with Crippen LogP contribution in [-0.4, -0.2) is 28.2 Å². The maximum Gasteiger partial charge on any atom is 1.00 e. The van der Waals surface area contributed by atoms with Crippen molar-refractivity contribution < 1.29 is 77.4 Å². The Morgan fingerprint density at radius 3 is 1.00 bits per heavy atom. The predicted molar refractivity (Wildman–Crippen MR) is 25.7 cm³/mol. The van der Waals surface area contributed by atoms with Crippen LogP contribution in [0.1, 0.15) is 6.92 Å². The van der Waals surface area contributed by atoms with Crippen molar-refractivity contribution in [3.63, 3.8) is 0 Å². The van der Waals surface area contributed by atoms with Gasteiger partial charge in [0.1, 0.15) is 0 Å². The Morgan fingerprint density at radius 2 is 1.00 bits per heavy atom. The molecular formula is C2H9O4RbSi. The van der Waals surface area contributed by atoms with E-state index in [4.69, 9.17) is 19.2 Å². The second-order valence-corrected chi connectivity index (χ2v) is 1.80. The summed E-state index contributed by atoms with van der Waals surface area (Å²) in [5, 5.41) is 0. The fourth-order valence-corrected chi connectivity index (χ4v) is 0. The summed E-state index contributed by atoms with van der Waals surface area (Å²) in [6.45, 7) is 5.00. The van der Waals surface area contributed by atoms with Gasteiger partial charge >= 0.3 is 67.2 Å². The molecule has 4 nitrogen and oxygen atoms in total. The molecular weight excluding hydrogens is 202 g/mol. The molecule has 0 saturated heterocycles. The van der Waals surface area contributed by atoms with Crippen LogP contribution < -0.4 is 58.2 Å². The molecule has 0 aliphatic rings. The third-order valence-corrected chi connectivity index (χ3v) is 0. The molecule has 0 saturated carbocycles. The van der Waals surface area contributed by atoms with Gasteiger partial charge in [0.15, 0.2) is 0 Å². The molecule has 0 aliphatic carbocycles. The Labute approximate surface area is 98.5 Å². The molecule has 0 unspecified atom stereocenters. The van der Waals surface area contributed by atoms with Crippen LogP contribution in [0.4, 0.5) is 0 Å². The Hall–Kier alpha value is 1.86. The van der Waals surface area contributed by atoms with Crippen LogP contribution in [0.2, 0.25) is 0 Å². The van der Waals surface area contributed by atoms with Crippen LogP contribution in [0.15, 0.2) is 0 Å². The normalized spacial score (nSPS) is 8.25. The summed E-state index contributed by atoms with van der Waals surface area (Å²) in [7, 11) is -4.61. The van der Waals surface area contributed by atoms with Gasteiger partial charge in [-0.15, -0.1) is 0 Å². The molecule has 0 spiro atoms. The zero-order chi connectivity index (χ0) is 6.50. The maximum absolute atomic E-state index is 7.33. The molecule has 0 fully saturated rings. The first-order valence-corrected chi connectivity index (χ1v) is 3.39. The molecule has 0 aromatic heterocycles. The van der Waals surface area contributed by atoms with Crippen molar-refractivity contribution in [1.29, 1.82) is 0 Å². The third kappa shape index (κ3) is 107. The molecule has 0 atom stereocenters. The first-order chi connectivity index (χ1) is 3.00. The smallest absolute Gasteiger partial charge is 0.368 e. The molecule has 0 heterocycles. The topological polar surface area (TPSA) is 80.9 Å². The molecule has 8 heavy (non-hydrogen) atoms. The maximum atomic E-state index is 7.33. The number of hydrogen-bond donors (Lipinski definition) is 4. The van der Waals surface area contributed by atoms with Crippen molar-refractivity contribution in [2.75, 3.05) is 0 Å². The van der Waals surface area contributed by atoms with Gasteiger partial charge in [-0.2, -0.15) is 6.92 Å². The summed E-state index contributed by atoms with van der Waals surface area (Å²) in [6, 6.07) is 0. The Morgan fingerprint density at radius 1 is 1.00 bits per heavy atom. The first kappa shape index (κ1) is 16.4. The zero-order valence-electron chi connectivity index (χ0n) is 5.00. The summed E-state index contributed by atoms with van der Waals surface area (Å²) in [5.74, 6) is 0. The predicted octanol–water partition coefficient (Wildman–Crippen LogP) is -4.76. The summed E-state index contributed by atoms with van der Waals surface area (Å²) in [6.07, 6.45) is 0. The van der Waals surface area contributed by atoms with Gasteiger partial charge in [0.05, 0.1) is 0 Å². The summed E-state index contributed by atoms with van der Waals surface area (Å²) >= 11 is 0. The second kappa shape index (κ2) is 8.86. The molecule has 46 valence electrons. The van der Waals surface area contributed by atoms with Gasteiger partial charge in [0.2, 0.25) is 0 Å². The second-order valence-electron chi connectivity index (χ2n) is 0.600. The van der Waals surface area contributed by atoms with E-state index >= 15 is 0 Å². The van der Waals surface area contributed by atoms with E-state index in [1.807, 2.05) is 0 Å². The zero-order valence-corrected chi connectivity index (χ0v) is 10.9. The van der Waals surface area contributed by atoms with E-state index in [0.29, 0.717) is 0 Å². The number of hydrogen-bond acceptors (Lipinski definition) is 4. The summed E-state index contributed by atoms with van der Waals surface area (Å²) in [4.78, 5) is 29.3. The van der Waals surface area contributed by atoms with Gasteiger partial charge in [-0.05, 0) is 0 Å². The Bertz CT molecular complexity index is 29.5. The van der Waals surface area contributed by atoms with Crippen molar-refractivity contribution in [3.8, 4) is 0 Å². The molecule has 0 aliphatic heterocycles. The van der Waals surface area contributed by atoms with Crippen LogP contribution in [-0.2, 0) is 0 Å². The van der Waals surface area contributed by atoms with Crippen LogP contribution >= 0.6 is 0 Å². The standard InChI is InChI=1S/C2H5.H4O4Si.Rb/c1-2;1-5(2,3)4;/h1H2,2H3;1-4H;/q-1;;+1. The van der Waals surface area contributed by atoms with Crippen LogP contribution in [0.3, 0.4) is 0 Å². The van der Waals surface area contributed by atoms with Crippen LogP contribution in [0.5, 0.6) is 0 Å². The van der Waals surface area contributed by atoms with Gasteiger partial charge in [0.25, 0.3) is 0 Å². The van der Waals surface area contributed by atoms with E-state index in [1.165, 1.54) is 0 Å². The van der Waals surface area contributed by atoms with Gasteiger partial charge in [-0.1, -0.05) is 0 Å². The van der Waals surface area contributed by atoms with Crippen LogP contribution in [0.25, 0.3) is 0 Å². The molecule has 0 amide bonds. The molecule has 0 bridgehead atoms. The Balaban J connectivity index is -0.0000000750. The van der Waals surface area contributed by atoms with Crippen molar-refractivity contribution in [2.45, 2.75) is 6.92 Å². The quantitative estimate of drug-likeness (QED) is 0.239. The van der Waals surface area contributed by atoms with E-state index in [-0.39, 0.29) is 58.2 Å². The molecule has 4 N–H and O–H groups in total. The minimum absolute atomic E-state index is 0. The molecule has 0 aromatic rings. The van der Waals surface area contributed by atoms with Crippen molar-refractivity contribution >= 4 is 9.05 Å².